The molecule has 0 bridgehead atoms. The highest BCUT2D eigenvalue weighted by atomic mass is 19.4. The van der Waals surface area contributed by atoms with E-state index in [4.69, 9.17) is 9.47 Å². The molecule has 7 nitrogen and oxygen atoms in total. The molecule has 10 heteroatoms. The highest BCUT2D eigenvalue weighted by Gasteiger charge is 2.31. The van der Waals surface area contributed by atoms with Crippen molar-refractivity contribution in [2.24, 2.45) is 0 Å². The van der Waals surface area contributed by atoms with Crippen LogP contribution in [0.3, 0.4) is 0 Å². The zero-order valence-electron chi connectivity index (χ0n) is 14.0. The molecule has 1 heterocycles. The molecule has 0 aliphatic carbocycles. The number of hydrogen-bond donors (Lipinski definition) is 1. The molecule has 140 valence electrons. The van der Waals surface area contributed by atoms with Gasteiger partial charge in [-0.3, -0.25) is 4.79 Å². The fraction of sp³-hybridized carbons (Fsp3) is 0.312. The summed E-state index contributed by atoms with van der Waals surface area (Å²) in [6.45, 7) is 4.12. The third kappa shape index (κ3) is 5.50. The Labute approximate surface area is 147 Å². The molecule has 2 aromatic rings. The van der Waals surface area contributed by atoms with Crippen LogP contribution in [0.5, 0.6) is 17.6 Å². The van der Waals surface area contributed by atoms with E-state index in [0.717, 1.165) is 12.1 Å². The highest BCUT2D eigenvalue weighted by Crippen LogP contribution is 2.26. The van der Waals surface area contributed by atoms with E-state index in [-0.39, 0.29) is 29.7 Å². The minimum atomic E-state index is -4.85. The molecule has 0 fully saturated rings. The molecule has 0 saturated carbocycles. The fourth-order valence-electron chi connectivity index (χ4n) is 1.91. The number of nitrogens with zero attached hydrogens (tertiary/aromatic N) is 2. The number of ether oxygens (including phenoxy) is 3. The van der Waals surface area contributed by atoms with Gasteiger partial charge in [0.25, 0.3) is 5.91 Å². The largest absolute Gasteiger partial charge is 0.573 e. The Morgan fingerprint density at radius 1 is 1.19 bits per heavy atom. The molecule has 0 unspecified atom stereocenters. The van der Waals surface area contributed by atoms with E-state index >= 15 is 0 Å². The van der Waals surface area contributed by atoms with Gasteiger partial charge in [-0.25, -0.2) is 4.98 Å². The molecule has 2 rings (SSSR count). The molecule has 26 heavy (non-hydrogen) atoms. The van der Waals surface area contributed by atoms with Crippen molar-refractivity contribution >= 4 is 11.6 Å². The van der Waals surface area contributed by atoms with E-state index in [1.807, 2.05) is 0 Å². The molecule has 0 atom stereocenters. The molecular formula is C16H16F3N3O4. The number of rotatable bonds is 7. The van der Waals surface area contributed by atoms with Crippen LogP contribution < -0.4 is 19.5 Å². The van der Waals surface area contributed by atoms with E-state index in [1.54, 1.807) is 13.8 Å². The van der Waals surface area contributed by atoms with Gasteiger partial charge >= 0.3 is 12.4 Å². The minimum absolute atomic E-state index is 0.0388. The summed E-state index contributed by atoms with van der Waals surface area (Å²) >= 11 is 0. The van der Waals surface area contributed by atoms with Crippen LogP contribution in [0, 0.1) is 0 Å². The van der Waals surface area contributed by atoms with Gasteiger partial charge in [-0.2, -0.15) is 4.98 Å². The van der Waals surface area contributed by atoms with Crippen molar-refractivity contribution in [3.05, 3.63) is 36.0 Å². The Morgan fingerprint density at radius 2 is 1.92 bits per heavy atom. The second-order valence-electron chi connectivity index (χ2n) is 4.77. The Morgan fingerprint density at radius 3 is 2.58 bits per heavy atom. The summed E-state index contributed by atoms with van der Waals surface area (Å²) in [5.41, 5.74) is 0.116. The number of anilines is 1. The van der Waals surface area contributed by atoms with Crippen molar-refractivity contribution in [2.75, 3.05) is 18.5 Å². The van der Waals surface area contributed by atoms with E-state index in [0.29, 0.717) is 6.61 Å². The highest BCUT2D eigenvalue weighted by molar-refractivity contribution is 6.05. The van der Waals surface area contributed by atoms with Crippen molar-refractivity contribution in [1.82, 2.24) is 9.97 Å². The third-order valence-electron chi connectivity index (χ3n) is 2.86. The number of benzene rings is 1. The number of halogens is 3. The summed E-state index contributed by atoms with van der Waals surface area (Å²) in [4.78, 5) is 20.3. The molecule has 1 amide bonds. The summed E-state index contributed by atoms with van der Waals surface area (Å²) in [7, 11) is 0. The smallest absolute Gasteiger partial charge is 0.476 e. The number of nitrogens with one attached hydrogen (secondary N) is 1. The van der Waals surface area contributed by atoms with Gasteiger partial charge in [-0.15, -0.1) is 13.2 Å². The first-order valence-corrected chi connectivity index (χ1v) is 7.62. The third-order valence-corrected chi connectivity index (χ3v) is 2.86. The van der Waals surface area contributed by atoms with Crippen LogP contribution >= 0.6 is 0 Å². The van der Waals surface area contributed by atoms with Gasteiger partial charge in [-0.1, -0.05) is 6.07 Å². The quantitative estimate of drug-likeness (QED) is 0.803. The summed E-state index contributed by atoms with van der Waals surface area (Å²) < 4.78 is 51.2. The molecule has 1 N–H and O–H groups in total. The number of alkyl halides is 3. The van der Waals surface area contributed by atoms with E-state index < -0.39 is 18.0 Å². The summed E-state index contributed by atoms with van der Waals surface area (Å²) in [6.07, 6.45) is -3.56. The lowest BCUT2D eigenvalue weighted by Crippen LogP contribution is -2.18. The average Bonchev–Trinajstić information content (AvgIpc) is 2.56. The van der Waals surface area contributed by atoms with Crippen LogP contribution in [0.2, 0.25) is 0 Å². The first kappa shape index (κ1) is 19.3. The van der Waals surface area contributed by atoms with Gasteiger partial charge < -0.3 is 19.5 Å². The van der Waals surface area contributed by atoms with Crippen LogP contribution in [-0.4, -0.2) is 35.5 Å². The maximum atomic E-state index is 12.3. The Hall–Kier alpha value is -3.04. The predicted molar refractivity (Wildman–Crippen MR) is 85.4 cm³/mol. The zero-order chi connectivity index (χ0) is 19.2. The maximum Gasteiger partial charge on any atom is 0.573 e. The van der Waals surface area contributed by atoms with Gasteiger partial charge in [0.15, 0.2) is 0 Å². The van der Waals surface area contributed by atoms with Crippen LogP contribution in [0.25, 0.3) is 0 Å². The number of amides is 1. The summed E-state index contributed by atoms with van der Waals surface area (Å²) in [5, 5.41) is 2.49. The van der Waals surface area contributed by atoms with Crippen LogP contribution in [0.1, 0.15) is 24.2 Å². The van der Waals surface area contributed by atoms with E-state index in [2.05, 4.69) is 20.0 Å². The van der Waals surface area contributed by atoms with Gasteiger partial charge in [0.1, 0.15) is 11.4 Å². The lowest BCUT2D eigenvalue weighted by Gasteiger charge is -2.12. The predicted octanol–water partition coefficient (Wildman–Crippen LogP) is 3.42. The van der Waals surface area contributed by atoms with Crippen molar-refractivity contribution in [3.8, 4) is 17.6 Å². The van der Waals surface area contributed by atoms with Crippen LogP contribution in [-0.2, 0) is 0 Å². The first-order chi connectivity index (χ1) is 12.3. The number of hydrogen-bond acceptors (Lipinski definition) is 6. The molecule has 0 radical (unpaired) electrons. The van der Waals surface area contributed by atoms with Crippen molar-refractivity contribution in [3.63, 3.8) is 0 Å². The topological polar surface area (TPSA) is 82.6 Å². The van der Waals surface area contributed by atoms with Crippen molar-refractivity contribution in [1.29, 1.82) is 0 Å². The van der Waals surface area contributed by atoms with Gasteiger partial charge in [0.2, 0.25) is 5.88 Å². The number of aromatic nitrogens is 2. The van der Waals surface area contributed by atoms with E-state index in [1.165, 1.54) is 18.3 Å². The zero-order valence-corrected chi connectivity index (χ0v) is 14.0. The fourth-order valence-corrected chi connectivity index (χ4v) is 1.91. The Kier molecular flexibility index (Phi) is 6.21. The van der Waals surface area contributed by atoms with Gasteiger partial charge in [0.05, 0.1) is 19.4 Å². The molecule has 0 spiro atoms. The lowest BCUT2D eigenvalue weighted by atomic mass is 10.2. The molecule has 0 saturated heterocycles. The average molecular weight is 371 g/mol. The standard InChI is InChI=1S/C16H16F3N3O4/c1-3-24-14-12(9-20-15(22-14)25-4-2)21-13(23)10-6-5-7-11(8-10)26-16(17,18)19/h5-9H,3-4H2,1-2H3,(H,21,23). The second kappa shape index (κ2) is 8.37. The van der Waals surface area contributed by atoms with Gasteiger partial charge in [0, 0.05) is 5.56 Å². The molecule has 0 aliphatic heterocycles. The monoisotopic (exact) mass is 371 g/mol. The van der Waals surface area contributed by atoms with Crippen molar-refractivity contribution in [2.45, 2.75) is 20.2 Å². The van der Waals surface area contributed by atoms with Crippen LogP contribution in [0.4, 0.5) is 18.9 Å². The first-order valence-electron chi connectivity index (χ1n) is 7.62. The summed E-state index contributed by atoms with van der Waals surface area (Å²) in [6, 6.07) is 4.76. The summed E-state index contributed by atoms with van der Waals surface area (Å²) in [5.74, 6) is -1.09. The van der Waals surface area contributed by atoms with Crippen LogP contribution in [0.15, 0.2) is 30.5 Å². The normalized spacial score (nSPS) is 11.0. The SMILES string of the molecule is CCOc1ncc(NC(=O)c2cccc(OC(F)(F)F)c2)c(OCC)n1. The number of carbonyl (C=O) groups is 1. The van der Waals surface area contributed by atoms with Crippen molar-refractivity contribution < 1.29 is 32.2 Å². The van der Waals surface area contributed by atoms with E-state index in [9.17, 15) is 18.0 Å². The lowest BCUT2D eigenvalue weighted by molar-refractivity contribution is -0.274. The number of carbonyl (C=O) groups excluding carboxylic acids is 1. The molecule has 1 aromatic heterocycles. The molecule has 0 aliphatic rings. The van der Waals surface area contributed by atoms with Gasteiger partial charge in [-0.05, 0) is 32.0 Å². The molecular weight excluding hydrogens is 355 g/mol. The second-order valence-corrected chi connectivity index (χ2v) is 4.77. The Bertz CT molecular complexity index is 769. The minimum Gasteiger partial charge on any atom is -0.476 e. The maximum absolute atomic E-state index is 12.3. The molecule has 1 aromatic carbocycles. The Balaban J connectivity index is 2.20.